The summed E-state index contributed by atoms with van der Waals surface area (Å²) in [6, 6.07) is 12.2. The number of ether oxygens (including phenoxy) is 1. The highest BCUT2D eigenvalue weighted by molar-refractivity contribution is 7.97. The maximum atomic E-state index is 13.2. The number of hydrogen-bond acceptors (Lipinski definition) is 5. The summed E-state index contributed by atoms with van der Waals surface area (Å²) in [5, 5.41) is 0.765. The van der Waals surface area contributed by atoms with Gasteiger partial charge in [-0.2, -0.15) is 0 Å². The number of amides is 2. The topological polar surface area (TPSA) is 61.9 Å². The fourth-order valence-corrected chi connectivity index (χ4v) is 6.01. The molecule has 0 saturated carbocycles. The van der Waals surface area contributed by atoms with E-state index in [0.29, 0.717) is 13.2 Å². The van der Waals surface area contributed by atoms with Gasteiger partial charge in [-0.15, -0.1) is 0 Å². The second kappa shape index (κ2) is 14.1. The highest BCUT2D eigenvalue weighted by Gasteiger charge is 2.30. The average Bonchev–Trinajstić information content (AvgIpc) is 3.10. The number of nitrogens with one attached hydrogen (secondary N) is 1. The molecule has 2 heterocycles. The molecule has 2 aliphatic heterocycles. The molecule has 0 fully saturated rings. The third kappa shape index (κ3) is 7.52. The SMILES string of the molecule is CCCc1cc(Cl)ccc1C1COc2ccc3cc2N(CCCC/C=C/CN(C)C(=O)CC3C(=O)NSC)C1. The first-order chi connectivity index (χ1) is 18.9. The molecule has 8 heteroatoms. The van der Waals surface area contributed by atoms with Crippen LogP contribution in [0, 0.1) is 0 Å². The monoisotopic (exact) mass is 569 g/mol. The Morgan fingerprint density at radius 2 is 2.03 bits per heavy atom. The normalized spacial score (nSPS) is 21.3. The molecule has 0 radical (unpaired) electrons. The summed E-state index contributed by atoms with van der Waals surface area (Å²) in [6.07, 6.45) is 11.2. The summed E-state index contributed by atoms with van der Waals surface area (Å²) in [4.78, 5) is 30.4. The van der Waals surface area contributed by atoms with Crippen molar-refractivity contribution in [2.24, 2.45) is 0 Å². The number of fused-ring (bicyclic) bond motifs is 1. The summed E-state index contributed by atoms with van der Waals surface area (Å²) >= 11 is 7.63. The molecule has 2 aromatic carbocycles. The number of aryl methyl sites for hydroxylation is 1. The molecule has 2 aromatic rings. The molecule has 6 nitrogen and oxygen atoms in total. The minimum atomic E-state index is -0.583. The highest BCUT2D eigenvalue weighted by Crippen LogP contribution is 2.39. The molecule has 0 aliphatic carbocycles. The molecule has 39 heavy (non-hydrogen) atoms. The molecule has 0 spiro atoms. The van der Waals surface area contributed by atoms with E-state index in [9.17, 15) is 9.59 Å². The molecule has 2 amide bonds. The predicted molar refractivity (Wildman–Crippen MR) is 162 cm³/mol. The number of hydrogen-bond donors (Lipinski definition) is 1. The van der Waals surface area contributed by atoms with E-state index in [1.54, 1.807) is 11.9 Å². The smallest absolute Gasteiger partial charge is 0.237 e. The first-order valence-corrected chi connectivity index (χ1v) is 15.5. The maximum absolute atomic E-state index is 13.2. The number of rotatable bonds is 5. The predicted octanol–water partition coefficient (Wildman–Crippen LogP) is 6.34. The summed E-state index contributed by atoms with van der Waals surface area (Å²) < 4.78 is 9.30. The molecule has 2 unspecified atom stereocenters. The summed E-state index contributed by atoms with van der Waals surface area (Å²) in [5.41, 5.74) is 4.40. The van der Waals surface area contributed by atoms with Crippen molar-refractivity contribution in [3.05, 3.63) is 70.3 Å². The van der Waals surface area contributed by atoms with Crippen molar-refractivity contribution in [2.45, 2.75) is 57.3 Å². The van der Waals surface area contributed by atoms with Crippen LogP contribution < -0.4 is 14.4 Å². The van der Waals surface area contributed by atoms with Crippen LogP contribution in [0.15, 0.2) is 48.6 Å². The van der Waals surface area contributed by atoms with E-state index >= 15 is 0 Å². The van der Waals surface area contributed by atoms with Crippen LogP contribution in [0.3, 0.4) is 0 Å². The number of halogens is 1. The van der Waals surface area contributed by atoms with Gasteiger partial charge in [0.1, 0.15) is 5.75 Å². The molecule has 0 aromatic heterocycles. The van der Waals surface area contributed by atoms with Gasteiger partial charge in [0.25, 0.3) is 0 Å². The molecule has 2 bridgehead atoms. The van der Waals surface area contributed by atoms with Crippen molar-refractivity contribution in [2.75, 3.05) is 44.4 Å². The quantitative estimate of drug-likeness (QED) is 0.336. The Morgan fingerprint density at radius 1 is 1.18 bits per heavy atom. The van der Waals surface area contributed by atoms with Gasteiger partial charge in [-0.3, -0.25) is 14.3 Å². The van der Waals surface area contributed by atoms with E-state index in [0.717, 1.165) is 67.2 Å². The Hall–Kier alpha value is -2.64. The maximum Gasteiger partial charge on any atom is 0.237 e. The first-order valence-electron chi connectivity index (χ1n) is 13.9. The van der Waals surface area contributed by atoms with E-state index in [1.807, 2.05) is 24.5 Å². The van der Waals surface area contributed by atoms with Crippen LogP contribution in [0.4, 0.5) is 5.69 Å². The van der Waals surface area contributed by atoms with E-state index in [2.05, 4.69) is 46.9 Å². The average molecular weight is 570 g/mol. The Balaban J connectivity index is 1.73. The van der Waals surface area contributed by atoms with Crippen LogP contribution in [0.1, 0.15) is 67.6 Å². The minimum absolute atomic E-state index is 0.0509. The third-order valence-corrected chi connectivity index (χ3v) is 8.23. The van der Waals surface area contributed by atoms with Gasteiger partial charge >= 0.3 is 0 Å². The molecule has 1 N–H and O–H groups in total. The number of likely N-dealkylation sites (N-methyl/N-ethyl adjacent to an activating group) is 1. The second-order valence-corrected chi connectivity index (χ2v) is 11.5. The number of carbonyl (C=O) groups is 2. The lowest BCUT2D eigenvalue weighted by atomic mass is 9.91. The summed E-state index contributed by atoms with van der Waals surface area (Å²) in [6.45, 7) is 5.01. The van der Waals surface area contributed by atoms with Crippen molar-refractivity contribution in [1.29, 1.82) is 0 Å². The number of benzene rings is 2. The van der Waals surface area contributed by atoms with Crippen molar-refractivity contribution >= 4 is 41.1 Å². The lowest BCUT2D eigenvalue weighted by Crippen LogP contribution is -2.33. The number of nitrogens with zero attached hydrogens (tertiary/aromatic N) is 2. The van der Waals surface area contributed by atoms with Crippen molar-refractivity contribution in [1.82, 2.24) is 9.62 Å². The van der Waals surface area contributed by atoms with E-state index in [-0.39, 0.29) is 24.2 Å². The zero-order valence-corrected chi connectivity index (χ0v) is 24.8. The van der Waals surface area contributed by atoms with Gasteiger partial charge in [-0.05, 0) is 66.6 Å². The van der Waals surface area contributed by atoms with Crippen LogP contribution in [0.25, 0.3) is 0 Å². The lowest BCUT2D eigenvalue weighted by Gasteiger charge is -2.28. The van der Waals surface area contributed by atoms with Gasteiger partial charge in [0, 0.05) is 50.3 Å². The minimum Gasteiger partial charge on any atom is -0.491 e. The van der Waals surface area contributed by atoms with Crippen LogP contribution in [-0.4, -0.2) is 56.3 Å². The molecular weight excluding hydrogens is 530 g/mol. The van der Waals surface area contributed by atoms with E-state index < -0.39 is 5.92 Å². The summed E-state index contributed by atoms with van der Waals surface area (Å²) in [5.74, 6) is 0.218. The van der Waals surface area contributed by atoms with Gasteiger partial charge in [0.2, 0.25) is 11.8 Å². The molecule has 2 atom stereocenters. The van der Waals surface area contributed by atoms with Crippen LogP contribution in [0.5, 0.6) is 5.75 Å². The van der Waals surface area contributed by atoms with Crippen molar-refractivity contribution < 1.29 is 14.3 Å². The van der Waals surface area contributed by atoms with Gasteiger partial charge < -0.3 is 14.5 Å². The van der Waals surface area contributed by atoms with Gasteiger partial charge in [0.15, 0.2) is 0 Å². The molecule has 210 valence electrons. The largest absolute Gasteiger partial charge is 0.491 e. The standard InChI is InChI=1S/C31H40ClN3O3S/c1-4-10-22-17-25(32)12-13-26(22)24-20-35-16-9-7-5-6-8-15-34(2)30(36)19-27(31(37)33-39-3)23-11-14-29(38-21-24)28(35)18-23/h6,8,11-14,17-18,24,27H,4-5,7,9-10,15-16,19-21H2,1-3H3,(H,33,37)/b8-6+. The number of anilines is 1. The first kappa shape index (κ1) is 29.3. The Kier molecular flexibility index (Phi) is 10.6. The van der Waals surface area contributed by atoms with Crippen molar-refractivity contribution in [3.63, 3.8) is 0 Å². The Labute approximate surface area is 242 Å². The highest BCUT2D eigenvalue weighted by atomic mass is 35.5. The fraction of sp³-hybridized carbons (Fsp3) is 0.484. The second-order valence-electron chi connectivity index (χ2n) is 10.4. The van der Waals surface area contributed by atoms with Gasteiger partial charge in [0.05, 0.1) is 18.2 Å². The van der Waals surface area contributed by atoms with E-state index in [1.165, 1.54) is 23.1 Å². The van der Waals surface area contributed by atoms with Crippen molar-refractivity contribution in [3.8, 4) is 5.75 Å². The zero-order chi connectivity index (χ0) is 27.8. The van der Waals surface area contributed by atoms with Gasteiger partial charge in [-0.25, -0.2) is 0 Å². The molecular formula is C31H40ClN3O3S. The number of allylic oxidation sites excluding steroid dienone is 1. The van der Waals surface area contributed by atoms with E-state index in [4.69, 9.17) is 16.3 Å². The Morgan fingerprint density at radius 3 is 2.82 bits per heavy atom. The van der Waals surface area contributed by atoms with Crippen LogP contribution in [0.2, 0.25) is 5.02 Å². The fourth-order valence-electron chi connectivity index (χ4n) is 5.47. The molecule has 4 rings (SSSR count). The van der Waals surface area contributed by atoms with Gasteiger partial charge in [-0.1, -0.05) is 61.2 Å². The zero-order valence-electron chi connectivity index (χ0n) is 23.2. The van der Waals surface area contributed by atoms with Crippen LogP contribution >= 0.6 is 23.5 Å². The molecule has 2 aliphatic rings. The lowest BCUT2D eigenvalue weighted by molar-refractivity contribution is -0.132. The number of carbonyl (C=O) groups excluding carboxylic acids is 2. The van der Waals surface area contributed by atoms with Crippen LogP contribution in [-0.2, 0) is 16.0 Å². The Bertz CT molecular complexity index is 1190. The summed E-state index contributed by atoms with van der Waals surface area (Å²) in [7, 11) is 1.80. The molecule has 0 saturated heterocycles. The third-order valence-electron chi connectivity index (χ3n) is 7.59.